The third-order valence-corrected chi connectivity index (χ3v) is 4.53. The molecule has 0 aliphatic carbocycles. The number of halogens is 1. The van der Waals surface area contributed by atoms with Gasteiger partial charge in [0.2, 0.25) is 0 Å². The molecule has 140 valence electrons. The average molecular weight is 388 g/mol. The van der Waals surface area contributed by atoms with Crippen LogP contribution < -0.4 is 0 Å². The lowest BCUT2D eigenvalue weighted by atomic mass is 10.1. The number of carbonyl (C=O) groups excluding carboxylic acids is 1. The lowest BCUT2D eigenvalue weighted by Crippen LogP contribution is -2.07. The summed E-state index contributed by atoms with van der Waals surface area (Å²) in [5, 5.41) is 11.3. The number of hydrogen-bond donors (Lipinski definition) is 0. The number of nitro benzene ring substituents is 1. The molecule has 3 aromatic rings. The maximum absolute atomic E-state index is 11.8. The summed E-state index contributed by atoms with van der Waals surface area (Å²) in [7, 11) is 1.32. The summed E-state index contributed by atoms with van der Waals surface area (Å²) in [4.78, 5) is 27.2. The molecule has 0 fully saturated rings. The van der Waals surface area contributed by atoms with E-state index in [9.17, 15) is 14.9 Å². The van der Waals surface area contributed by atoms with Crippen molar-refractivity contribution in [1.82, 2.24) is 9.55 Å². The molecule has 0 aliphatic rings. The molecule has 0 saturated carbocycles. The molecule has 2 aromatic carbocycles. The van der Waals surface area contributed by atoms with Crippen LogP contribution in [0.3, 0.4) is 0 Å². The molecule has 0 N–H and O–H groups in total. The van der Waals surface area contributed by atoms with E-state index in [1.807, 2.05) is 4.57 Å². The Morgan fingerprint density at radius 3 is 2.70 bits per heavy atom. The topological polar surface area (TPSA) is 87.3 Å². The van der Waals surface area contributed by atoms with E-state index in [0.29, 0.717) is 34.9 Å². The van der Waals surface area contributed by atoms with Gasteiger partial charge in [-0.05, 0) is 30.2 Å². The van der Waals surface area contributed by atoms with Crippen LogP contribution in [0.25, 0.3) is 22.4 Å². The number of aromatic nitrogens is 2. The van der Waals surface area contributed by atoms with Crippen LogP contribution in [0.15, 0.2) is 36.4 Å². The molecule has 0 atom stereocenters. The van der Waals surface area contributed by atoms with Gasteiger partial charge in [-0.1, -0.05) is 31.5 Å². The first kappa shape index (κ1) is 18.8. The van der Waals surface area contributed by atoms with Gasteiger partial charge in [-0.2, -0.15) is 0 Å². The summed E-state index contributed by atoms with van der Waals surface area (Å²) in [5.41, 5.74) is 2.09. The zero-order valence-electron chi connectivity index (χ0n) is 15.1. The molecule has 0 spiro atoms. The van der Waals surface area contributed by atoms with Crippen molar-refractivity contribution >= 4 is 34.3 Å². The Kier molecular flexibility index (Phi) is 5.14. The quantitative estimate of drug-likeness (QED) is 0.359. The number of fused-ring (bicyclic) bond motifs is 1. The summed E-state index contributed by atoms with van der Waals surface area (Å²) in [6.07, 6.45) is 0. The second kappa shape index (κ2) is 7.36. The lowest BCUT2D eigenvalue weighted by molar-refractivity contribution is -0.384. The maximum Gasteiger partial charge on any atom is 0.337 e. The SMILES string of the molecule is COC(=O)c1ccc2c(c1)nc(-c1cccc([N+](=O)[O-])c1Cl)n2CC(C)C. The van der Waals surface area contributed by atoms with Crippen molar-refractivity contribution < 1.29 is 14.5 Å². The number of rotatable bonds is 5. The number of nitrogens with zero attached hydrogens (tertiary/aromatic N) is 3. The number of imidazole rings is 1. The molecule has 0 unspecified atom stereocenters. The van der Waals surface area contributed by atoms with Gasteiger partial charge in [0.25, 0.3) is 5.69 Å². The first-order chi connectivity index (χ1) is 12.8. The van der Waals surface area contributed by atoms with Gasteiger partial charge in [0.05, 0.1) is 28.6 Å². The predicted molar refractivity (Wildman–Crippen MR) is 103 cm³/mol. The number of carbonyl (C=O) groups is 1. The van der Waals surface area contributed by atoms with Crippen molar-refractivity contribution in [2.45, 2.75) is 20.4 Å². The second-order valence-electron chi connectivity index (χ2n) is 6.53. The summed E-state index contributed by atoms with van der Waals surface area (Å²) in [5.74, 6) is 0.374. The smallest absolute Gasteiger partial charge is 0.337 e. The summed E-state index contributed by atoms with van der Waals surface area (Å²) < 4.78 is 6.73. The molecule has 3 rings (SSSR count). The molecule has 0 radical (unpaired) electrons. The standard InChI is InChI=1S/C19H18ClN3O4/c1-11(2)10-22-15-8-7-12(19(24)27-3)9-14(15)21-18(22)13-5-4-6-16(17(13)20)23(25)26/h4-9,11H,10H2,1-3H3. The number of nitro groups is 1. The predicted octanol–water partition coefficient (Wildman–Crippen LogP) is 4.71. The number of benzene rings is 2. The van der Waals surface area contributed by atoms with Gasteiger partial charge in [-0.15, -0.1) is 0 Å². The van der Waals surface area contributed by atoms with Crippen molar-refractivity contribution in [2.75, 3.05) is 7.11 Å². The molecule has 0 aliphatic heterocycles. The molecule has 7 nitrogen and oxygen atoms in total. The van der Waals surface area contributed by atoms with E-state index >= 15 is 0 Å². The van der Waals surface area contributed by atoms with Crippen LogP contribution in [0.4, 0.5) is 5.69 Å². The Bertz CT molecular complexity index is 1040. The van der Waals surface area contributed by atoms with Gasteiger partial charge in [-0.25, -0.2) is 9.78 Å². The third kappa shape index (κ3) is 3.50. The van der Waals surface area contributed by atoms with E-state index < -0.39 is 10.9 Å². The van der Waals surface area contributed by atoms with Crippen molar-refractivity contribution in [3.05, 3.63) is 57.1 Å². The first-order valence-electron chi connectivity index (χ1n) is 8.35. The van der Waals surface area contributed by atoms with Crippen LogP contribution in [0.1, 0.15) is 24.2 Å². The Balaban J connectivity index is 2.27. The van der Waals surface area contributed by atoms with Crippen molar-refractivity contribution in [3.63, 3.8) is 0 Å². The van der Waals surface area contributed by atoms with Crippen LogP contribution in [0.5, 0.6) is 0 Å². The van der Waals surface area contributed by atoms with E-state index in [1.165, 1.54) is 13.2 Å². The fourth-order valence-electron chi connectivity index (χ4n) is 2.96. The molecule has 0 amide bonds. The molecule has 0 saturated heterocycles. The highest BCUT2D eigenvalue weighted by atomic mass is 35.5. The van der Waals surface area contributed by atoms with Crippen LogP contribution in [-0.2, 0) is 11.3 Å². The number of esters is 1. The third-order valence-electron chi connectivity index (χ3n) is 4.13. The van der Waals surface area contributed by atoms with Crippen LogP contribution in [-0.4, -0.2) is 27.6 Å². The first-order valence-corrected chi connectivity index (χ1v) is 8.73. The van der Waals surface area contributed by atoms with E-state index in [4.69, 9.17) is 16.3 Å². The van der Waals surface area contributed by atoms with Crippen LogP contribution >= 0.6 is 11.6 Å². The minimum atomic E-state index is -0.517. The fourth-order valence-corrected chi connectivity index (χ4v) is 3.24. The molecule has 0 bridgehead atoms. The van der Waals surface area contributed by atoms with Gasteiger partial charge in [0.15, 0.2) is 0 Å². The minimum Gasteiger partial charge on any atom is -0.465 e. The van der Waals surface area contributed by atoms with Crippen LogP contribution in [0, 0.1) is 16.0 Å². The molecule has 1 aromatic heterocycles. The van der Waals surface area contributed by atoms with Crippen molar-refractivity contribution in [2.24, 2.45) is 5.92 Å². The molecular formula is C19H18ClN3O4. The van der Waals surface area contributed by atoms with Gasteiger partial charge < -0.3 is 9.30 Å². The van der Waals surface area contributed by atoms with Gasteiger partial charge in [-0.3, -0.25) is 10.1 Å². The number of methoxy groups -OCH3 is 1. The van der Waals surface area contributed by atoms with Crippen molar-refractivity contribution in [3.8, 4) is 11.4 Å². The highest BCUT2D eigenvalue weighted by Gasteiger charge is 2.22. The Morgan fingerprint density at radius 2 is 2.07 bits per heavy atom. The van der Waals surface area contributed by atoms with Gasteiger partial charge in [0, 0.05) is 18.2 Å². The van der Waals surface area contributed by atoms with E-state index in [-0.39, 0.29) is 10.7 Å². The largest absolute Gasteiger partial charge is 0.465 e. The maximum atomic E-state index is 11.8. The zero-order chi connectivity index (χ0) is 19.7. The molecule has 8 heteroatoms. The van der Waals surface area contributed by atoms with E-state index in [1.54, 1.807) is 30.3 Å². The summed E-state index contributed by atoms with van der Waals surface area (Å²) in [6, 6.07) is 9.76. The van der Waals surface area contributed by atoms with Gasteiger partial charge in [0.1, 0.15) is 10.8 Å². The Labute approximate surface area is 160 Å². The highest BCUT2D eigenvalue weighted by Crippen LogP contribution is 2.36. The van der Waals surface area contributed by atoms with Crippen molar-refractivity contribution in [1.29, 1.82) is 0 Å². The summed E-state index contributed by atoms with van der Waals surface area (Å²) >= 11 is 6.31. The molecular weight excluding hydrogens is 370 g/mol. The Morgan fingerprint density at radius 1 is 1.33 bits per heavy atom. The number of ether oxygens (including phenoxy) is 1. The second-order valence-corrected chi connectivity index (χ2v) is 6.91. The van der Waals surface area contributed by atoms with Crippen LogP contribution in [0.2, 0.25) is 5.02 Å². The van der Waals surface area contributed by atoms with Gasteiger partial charge >= 0.3 is 5.97 Å². The number of hydrogen-bond acceptors (Lipinski definition) is 5. The normalized spacial score (nSPS) is 11.1. The monoisotopic (exact) mass is 387 g/mol. The van der Waals surface area contributed by atoms with E-state index in [2.05, 4.69) is 18.8 Å². The summed E-state index contributed by atoms with van der Waals surface area (Å²) in [6.45, 7) is 4.77. The zero-order valence-corrected chi connectivity index (χ0v) is 15.9. The fraction of sp³-hybridized carbons (Fsp3) is 0.263. The average Bonchev–Trinajstić information content (AvgIpc) is 2.97. The van der Waals surface area contributed by atoms with E-state index in [0.717, 1.165) is 5.52 Å². The molecule has 1 heterocycles. The minimum absolute atomic E-state index is 0.0380. The Hall–Kier alpha value is -2.93. The molecule has 27 heavy (non-hydrogen) atoms. The lowest BCUT2D eigenvalue weighted by Gasteiger charge is -2.12. The highest BCUT2D eigenvalue weighted by molar-refractivity contribution is 6.35.